The molecule has 1 fully saturated rings. The number of phenolic OH excluding ortho intramolecular Hbond substituents is 1. The largest absolute Gasteiger partial charge is 0.508 e. The molecule has 1 N–H and O–H groups in total. The van der Waals surface area contributed by atoms with Crippen LogP contribution in [0, 0.1) is 12.8 Å². The van der Waals surface area contributed by atoms with Crippen LogP contribution in [0.4, 0.5) is 0 Å². The number of nitrogens with zero attached hydrogens (tertiary/aromatic N) is 2. The van der Waals surface area contributed by atoms with E-state index in [9.17, 15) is 5.11 Å². The Balaban J connectivity index is 2.00. The first-order valence-corrected chi connectivity index (χ1v) is 7.15. The molecular formula is C16H26N2O. The molecule has 0 amide bonds. The minimum absolute atomic E-state index is 0.256. The van der Waals surface area contributed by atoms with Crippen molar-refractivity contribution >= 4 is 0 Å². The molecular weight excluding hydrogens is 236 g/mol. The monoisotopic (exact) mass is 262 g/mol. The Bertz CT molecular complexity index is 433. The summed E-state index contributed by atoms with van der Waals surface area (Å²) in [6, 6.07) is 6.23. The molecule has 1 aliphatic heterocycles. The number of rotatable bonds is 4. The smallest absolute Gasteiger partial charge is 0.120 e. The molecule has 2 rings (SSSR count). The third-order valence-corrected chi connectivity index (χ3v) is 4.33. The highest BCUT2D eigenvalue weighted by Gasteiger charge is 2.23. The van der Waals surface area contributed by atoms with Gasteiger partial charge in [0.25, 0.3) is 0 Å². The fourth-order valence-electron chi connectivity index (χ4n) is 2.99. The lowest BCUT2D eigenvalue weighted by atomic mass is 10.0. The van der Waals surface area contributed by atoms with Gasteiger partial charge in [-0.25, -0.2) is 0 Å². The summed E-state index contributed by atoms with van der Waals surface area (Å²) in [6.07, 6.45) is 1.29. The molecule has 1 aromatic rings. The van der Waals surface area contributed by atoms with Gasteiger partial charge >= 0.3 is 0 Å². The Morgan fingerprint density at radius 1 is 1.47 bits per heavy atom. The van der Waals surface area contributed by atoms with Gasteiger partial charge in [-0.1, -0.05) is 12.1 Å². The number of hydrogen-bond donors (Lipinski definition) is 1. The molecule has 0 aliphatic carbocycles. The van der Waals surface area contributed by atoms with Crippen LogP contribution in [0.15, 0.2) is 18.2 Å². The fourth-order valence-corrected chi connectivity index (χ4v) is 2.99. The van der Waals surface area contributed by atoms with Gasteiger partial charge in [-0.05, 0) is 58.5 Å². The normalized spacial score (nSPS) is 22.1. The van der Waals surface area contributed by atoms with Crippen molar-refractivity contribution in [3.63, 3.8) is 0 Å². The van der Waals surface area contributed by atoms with E-state index in [1.54, 1.807) is 0 Å². The van der Waals surface area contributed by atoms with Crippen LogP contribution < -0.4 is 0 Å². The first-order chi connectivity index (χ1) is 8.97. The summed E-state index contributed by atoms with van der Waals surface area (Å²) >= 11 is 0. The second kappa shape index (κ2) is 5.93. The summed E-state index contributed by atoms with van der Waals surface area (Å²) < 4.78 is 0. The molecule has 1 aromatic carbocycles. The van der Waals surface area contributed by atoms with Gasteiger partial charge in [0.05, 0.1) is 0 Å². The molecule has 0 aromatic heterocycles. The predicted octanol–water partition coefficient (Wildman–Crippen LogP) is 2.65. The number of likely N-dealkylation sites (tertiary alicyclic amines) is 1. The van der Waals surface area contributed by atoms with E-state index in [0.29, 0.717) is 5.75 Å². The summed E-state index contributed by atoms with van der Waals surface area (Å²) in [4.78, 5) is 4.75. The van der Waals surface area contributed by atoms with Crippen molar-refractivity contribution in [2.45, 2.75) is 26.3 Å². The van der Waals surface area contributed by atoms with Gasteiger partial charge in [0.2, 0.25) is 0 Å². The maximum Gasteiger partial charge on any atom is 0.120 e. The zero-order chi connectivity index (χ0) is 14.0. The van der Waals surface area contributed by atoms with Crippen molar-refractivity contribution in [3.05, 3.63) is 29.3 Å². The van der Waals surface area contributed by atoms with Crippen LogP contribution >= 0.6 is 0 Å². The Hall–Kier alpha value is -1.06. The average Bonchev–Trinajstić information content (AvgIpc) is 2.74. The van der Waals surface area contributed by atoms with E-state index < -0.39 is 0 Å². The third-order valence-electron chi connectivity index (χ3n) is 4.33. The molecule has 0 saturated carbocycles. The van der Waals surface area contributed by atoms with Crippen LogP contribution in [-0.2, 0) is 0 Å². The van der Waals surface area contributed by atoms with E-state index in [0.717, 1.165) is 23.6 Å². The van der Waals surface area contributed by atoms with Crippen molar-refractivity contribution in [1.29, 1.82) is 0 Å². The summed E-state index contributed by atoms with van der Waals surface area (Å²) in [6.45, 7) is 7.67. The molecule has 3 heteroatoms. The van der Waals surface area contributed by atoms with Gasteiger partial charge < -0.3 is 10.0 Å². The SMILES string of the molecule is Cc1ccc(C(C)N(C)CC2CCN(C)C2)c(O)c1. The molecule has 3 nitrogen and oxygen atoms in total. The van der Waals surface area contributed by atoms with E-state index in [-0.39, 0.29) is 6.04 Å². The van der Waals surface area contributed by atoms with E-state index in [4.69, 9.17) is 0 Å². The lowest BCUT2D eigenvalue weighted by Gasteiger charge is -2.28. The fraction of sp³-hybridized carbons (Fsp3) is 0.625. The minimum atomic E-state index is 0.256. The first-order valence-electron chi connectivity index (χ1n) is 7.15. The molecule has 0 spiro atoms. The molecule has 106 valence electrons. The Morgan fingerprint density at radius 3 is 2.79 bits per heavy atom. The summed E-state index contributed by atoms with van der Waals surface area (Å²) in [5, 5.41) is 10.1. The van der Waals surface area contributed by atoms with Crippen molar-refractivity contribution in [3.8, 4) is 5.75 Å². The molecule has 1 aliphatic rings. The molecule has 1 heterocycles. The zero-order valence-electron chi connectivity index (χ0n) is 12.6. The van der Waals surface area contributed by atoms with Crippen LogP contribution in [0.25, 0.3) is 0 Å². The van der Waals surface area contributed by atoms with Crippen LogP contribution in [-0.4, -0.2) is 48.6 Å². The maximum absolute atomic E-state index is 10.1. The average molecular weight is 262 g/mol. The van der Waals surface area contributed by atoms with Gasteiger partial charge in [-0.2, -0.15) is 0 Å². The summed E-state index contributed by atoms with van der Waals surface area (Å²) in [5.41, 5.74) is 2.13. The highest BCUT2D eigenvalue weighted by atomic mass is 16.3. The van der Waals surface area contributed by atoms with Gasteiger partial charge in [-0.15, -0.1) is 0 Å². The topological polar surface area (TPSA) is 26.7 Å². The number of hydrogen-bond acceptors (Lipinski definition) is 3. The Labute approximate surface area is 116 Å². The lowest BCUT2D eigenvalue weighted by molar-refractivity contribution is 0.217. The lowest BCUT2D eigenvalue weighted by Crippen LogP contribution is -2.29. The number of aromatic hydroxyl groups is 1. The van der Waals surface area contributed by atoms with Crippen LogP contribution in [0.3, 0.4) is 0 Å². The van der Waals surface area contributed by atoms with Gasteiger partial charge in [-0.3, -0.25) is 4.90 Å². The molecule has 0 bridgehead atoms. The third kappa shape index (κ3) is 3.48. The van der Waals surface area contributed by atoms with Crippen LogP contribution in [0.2, 0.25) is 0 Å². The Morgan fingerprint density at radius 2 is 2.21 bits per heavy atom. The summed E-state index contributed by atoms with van der Waals surface area (Å²) in [5.74, 6) is 1.17. The molecule has 19 heavy (non-hydrogen) atoms. The van der Waals surface area contributed by atoms with E-state index in [1.807, 2.05) is 19.1 Å². The molecule has 2 atom stereocenters. The number of phenols is 1. The van der Waals surface area contributed by atoms with E-state index in [2.05, 4.69) is 36.9 Å². The van der Waals surface area contributed by atoms with Crippen molar-refractivity contribution in [1.82, 2.24) is 9.80 Å². The van der Waals surface area contributed by atoms with E-state index in [1.165, 1.54) is 19.5 Å². The predicted molar refractivity (Wildman–Crippen MR) is 79.5 cm³/mol. The minimum Gasteiger partial charge on any atom is -0.508 e. The highest BCUT2D eigenvalue weighted by molar-refractivity contribution is 5.37. The van der Waals surface area contributed by atoms with Crippen LogP contribution in [0.1, 0.15) is 30.5 Å². The molecule has 1 saturated heterocycles. The quantitative estimate of drug-likeness (QED) is 0.903. The van der Waals surface area contributed by atoms with Crippen molar-refractivity contribution in [2.75, 3.05) is 33.7 Å². The molecule has 2 unspecified atom stereocenters. The van der Waals surface area contributed by atoms with Gasteiger partial charge in [0.1, 0.15) is 5.75 Å². The second-order valence-electron chi connectivity index (χ2n) is 6.09. The maximum atomic E-state index is 10.1. The van der Waals surface area contributed by atoms with Crippen molar-refractivity contribution < 1.29 is 5.11 Å². The standard InChI is InChI=1S/C16H26N2O/c1-12-5-6-15(16(19)9-12)13(2)18(4)11-14-7-8-17(3)10-14/h5-6,9,13-14,19H,7-8,10-11H2,1-4H3. The van der Waals surface area contributed by atoms with Crippen LogP contribution in [0.5, 0.6) is 5.75 Å². The van der Waals surface area contributed by atoms with Crippen molar-refractivity contribution in [2.24, 2.45) is 5.92 Å². The highest BCUT2D eigenvalue weighted by Crippen LogP contribution is 2.29. The Kier molecular flexibility index (Phi) is 4.48. The first kappa shape index (κ1) is 14.4. The van der Waals surface area contributed by atoms with Gasteiger partial charge in [0, 0.05) is 24.7 Å². The zero-order valence-corrected chi connectivity index (χ0v) is 12.6. The van der Waals surface area contributed by atoms with E-state index >= 15 is 0 Å². The second-order valence-corrected chi connectivity index (χ2v) is 6.09. The number of aryl methyl sites for hydroxylation is 1. The molecule has 0 radical (unpaired) electrons. The number of benzene rings is 1. The van der Waals surface area contributed by atoms with Gasteiger partial charge in [0.15, 0.2) is 0 Å². The summed E-state index contributed by atoms with van der Waals surface area (Å²) in [7, 11) is 4.34.